The first-order valence-electron chi connectivity index (χ1n) is 6.93. The molecular formula is C15H16ClN3O2S. The number of nitrogens with zero attached hydrogens (tertiary/aromatic N) is 2. The quantitative estimate of drug-likeness (QED) is 0.932. The lowest BCUT2D eigenvalue weighted by Crippen LogP contribution is -2.36. The Hall–Kier alpha value is -1.76. The van der Waals surface area contributed by atoms with Crippen LogP contribution < -0.4 is 14.3 Å². The van der Waals surface area contributed by atoms with Crippen molar-refractivity contribution in [1.29, 1.82) is 0 Å². The Morgan fingerprint density at radius 3 is 2.27 bits per heavy atom. The first kappa shape index (κ1) is 15.1. The van der Waals surface area contributed by atoms with Crippen molar-refractivity contribution in [3.05, 3.63) is 53.6 Å². The van der Waals surface area contributed by atoms with E-state index in [4.69, 9.17) is 17.3 Å². The van der Waals surface area contributed by atoms with Gasteiger partial charge in [-0.3, -0.25) is 4.31 Å². The van der Waals surface area contributed by atoms with Gasteiger partial charge < -0.3 is 5.73 Å². The van der Waals surface area contributed by atoms with Crippen molar-refractivity contribution in [2.75, 3.05) is 21.7 Å². The summed E-state index contributed by atoms with van der Waals surface area (Å²) < 4.78 is 28.6. The van der Waals surface area contributed by atoms with Crippen LogP contribution in [-0.2, 0) is 10.2 Å². The van der Waals surface area contributed by atoms with Gasteiger partial charge in [-0.25, -0.2) is 4.31 Å². The normalized spacial score (nSPS) is 15.9. The van der Waals surface area contributed by atoms with Crippen LogP contribution in [-0.4, -0.2) is 21.5 Å². The molecule has 7 heteroatoms. The molecule has 0 amide bonds. The zero-order valence-electron chi connectivity index (χ0n) is 11.8. The molecule has 5 nitrogen and oxygen atoms in total. The fourth-order valence-electron chi connectivity index (χ4n) is 2.51. The molecule has 3 rings (SSSR count). The van der Waals surface area contributed by atoms with E-state index in [1.54, 1.807) is 36.4 Å². The highest BCUT2D eigenvalue weighted by molar-refractivity contribution is 7.95. The molecule has 0 saturated carbocycles. The zero-order chi connectivity index (χ0) is 15.7. The number of nitrogens with two attached hydrogens (primary N) is 1. The van der Waals surface area contributed by atoms with Gasteiger partial charge in [0.15, 0.2) is 0 Å². The second kappa shape index (κ2) is 5.79. The molecule has 2 N–H and O–H groups in total. The van der Waals surface area contributed by atoms with E-state index in [-0.39, 0.29) is 0 Å². The second-order valence-electron chi connectivity index (χ2n) is 4.95. The molecule has 0 bridgehead atoms. The Balaban J connectivity index is 2.12. The maximum atomic E-state index is 12.9. The van der Waals surface area contributed by atoms with Gasteiger partial charge in [0.05, 0.1) is 17.1 Å². The minimum absolute atomic E-state index is 0.361. The monoisotopic (exact) mass is 337 g/mol. The van der Waals surface area contributed by atoms with Crippen molar-refractivity contribution < 1.29 is 8.42 Å². The van der Waals surface area contributed by atoms with E-state index in [9.17, 15) is 8.42 Å². The highest BCUT2D eigenvalue weighted by atomic mass is 35.5. The van der Waals surface area contributed by atoms with E-state index in [2.05, 4.69) is 0 Å². The van der Waals surface area contributed by atoms with Crippen molar-refractivity contribution in [2.24, 2.45) is 5.73 Å². The van der Waals surface area contributed by atoms with E-state index < -0.39 is 10.2 Å². The Morgan fingerprint density at radius 2 is 1.64 bits per heavy atom. The van der Waals surface area contributed by atoms with Gasteiger partial charge in [-0.05, 0) is 49.4 Å². The number of rotatable bonds is 4. The van der Waals surface area contributed by atoms with E-state index in [0.29, 0.717) is 41.6 Å². The molecular weight excluding hydrogens is 322 g/mol. The summed E-state index contributed by atoms with van der Waals surface area (Å²) in [6, 6.07) is 14.0. The molecule has 116 valence electrons. The van der Waals surface area contributed by atoms with Gasteiger partial charge >= 0.3 is 10.2 Å². The first-order chi connectivity index (χ1) is 10.6. The van der Waals surface area contributed by atoms with Crippen molar-refractivity contribution in [1.82, 2.24) is 0 Å². The molecule has 1 heterocycles. The molecule has 0 spiro atoms. The maximum absolute atomic E-state index is 12.9. The van der Waals surface area contributed by atoms with E-state index in [1.807, 2.05) is 12.1 Å². The van der Waals surface area contributed by atoms with Crippen molar-refractivity contribution in [2.45, 2.75) is 6.42 Å². The minimum Gasteiger partial charge on any atom is -0.330 e. The summed E-state index contributed by atoms with van der Waals surface area (Å²) in [5.74, 6) is 0. The molecule has 2 aromatic carbocycles. The summed E-state index contributed by atoms with van der Waals surface area (Å²) >= 11 is 5.89. The lowest BCUT2D eigenvalue weighted by atomic mass is 10.2. The van der Waals surface area contributed by atoms with Gasteiger partial charge in [0.2, 0.25) is 0 Å². The third-order valence-electron chi connectivity index (χ3n) is 3.50. The van der Waals surface area contributed by atoms with Crippen LogP contribution in [0.15, 0.2) is 48.5 Å². The molecule has 0 aliphatic carbocycles. The average Bonchev–Trinajstić information content (AvgIpc) is 2.73. The molecule has 0 radical (unpaired) electrons. The Labute approximate surface area is 135 Å². The minimum atomic E-state index is -3.66. The summed E-state index contributed by atoms with van der Waals surface area (Å²) in [4.78, 5) is 0. The largest absolute Gasteiger partial charge is 0.330 e. The highest BCUT2D eigenvalue weighted by Gasteiger charge is 2.40. The standard InChI is InChI=1S/C15H16ClN3O2S/c16-12-6-8-13(9-7-12)19-15-5-2-1-4-14(15)18(11-3-10-17)22(19,20)21/h1-2,4-9H,3,10-11,17H2. The lowest BCUT2D eigenvalue weighted by molar-refractivity contribution is 0.592. The molecule has 2 aromatic rings. The zero-order valence-corrected chi connectivity index (χ0v) is 13.4. The van der Waals surface area contributed by atoms with Crippen molar-refractivity contribution in [3.63, 3.8) is 0 Å². The summed E-state index contributed by atoms with van der Waals surface area (Å²) in [5.41, 5.74) is 7.40. The van der Waals surface area contributed by atoms with E-state index in [0.717, 1.165) is 0 Å². The molecule has 22 heavy (non-hydrogen) atoms. The van der Waals surface area contributed by atoms with Crippen molar-refractivity contribution in [3.8, 4) is 0 Å². The number of halogens is 1. The SMILES string of the molecule is NCCCN1c2ccccc2N(c2ccc(Cl)cc2)S1(=O)=O. The van der Waals surface area contributed by atoms with Crippen LogP contribution in [0.4, 0.5) is 17.1 Å². The summed E-state index contributed by atoms with van der Waals surface area (Å²) in [5, 5.41) is 0.564. The van der Waals surface area contributed by atoms with Crippen molar-refractivity contribution >= 4 is 38.9 Å². The summed E-state index contributed by atoms with van der Waals surface area (Å²) in [6.07, 6.45) is 0.599. The predicted molar refractivity (Wildman–Crippen MR) is 90.0 cm³/mol. The predicted octanol–water partition coefficient (Wildman–Crippen LogP) is 2.89. The number of benzene rings is 2. The van der Waals surface area contributed by atoms with Gasteiger partial charge in [0.25, 0.3) is 0 Å². The molecule has 0 atom stereocenters. The van der Waals surface area contributed by atoms with Gasteiger partial charge in [-0.15, -0.1) is 0 Å². The number of fused-ring (bicyclic) bond motifs is 1. The van der Waals surface area contributed by atoms with Crippen LogP contribution >= 0.6 is 11.6 Å². The van der Waals surface area contributed by atoms with E-state index in [1.165, 1.54) is 8.61 Å². The third kappa shape index (κ3) is 2.43. The maximum Gasteiger partial charge on any atom is 0.330 e. The Kier molecular flexibility index (Phi) is 3.99. The molecule has 1 aliphatic rings. The fourth-order valence-corrected chi connectivity index (χ4v) is 4.39. The topological polar surface area (TPSA) is 66.6 Å². The number of anilines is 3. The second-order valence-corrected chi connectivity index (χ2v) is 7.09. The Bertz CT molecular complexity index is 778. The molecule has 0 unspecified atom stereocenters. The third-order valence-corrected chi connectivity index (χ3v) is 5.56. The smallest absolute Gasteiger partial charge is 0.330 e. The fraction of sp³-hybridized carbons (Fsp3) is 0.200. The van der Waals surface area contributed by atoms with Crippen LogP contribution in [0, 0.1) is 0 Å². The summed E-state index contributed by atoms with van der Waals surface area (Å²) in [7, 11) is -3.66. The Morgan fingerprint density at radius 1 is 1.00 bits per heavy atom. The van der Waals surface area contributed by atoms with Crippen LogP contribution in [0.25, 0.3) is 0 Å². The molecule has 0 saturated heterocycles. The molecule has 0 fully saturated rings. The van der Waals surface area contributed by atoms with Gasteiger partial charge in [0, 0.05) is 11.6 Å². The molecule has 1 aliphatic heterocycles. The van der Waals surface area contributed by atoms with Gasteiger partial charge in [-0.2, -0.15) is 8.42 Å². The number of para-hydroxylation sites is 2. The van der Waals surface area contributed by atoms with Crippen LogP contribution in [0.3, 0.4) is 0 Å². The average molecular weight is 338 g/mol. The number of hydrogen-bond donors (Lipinski definition) is 1. The molecule has 0 aromatic heterocycles. The summed E-state index contributed by atoms with van der Waals surface area (Å²) in [6.45, 7) is 0.801. The highest BCUT2D eigenvalue weighted by Crippen LogP contribution is 2.45. The first-order valence-corrected chi connectivity index (χ1v) is 8.71. The van der Waals surface area contributed by atoms with Crippen LogP contribution in [0.2, 0.25) is 5.02 Å². The number of hydrogen-bond acceptors (Lipinski definition) is 3. The van der Waals surface area contributed by atoms with Gasteiger partial charge in [0.1, 0.15) is 0 Å². The van der Waals surface area contributed by atoms with Gasteiger partial charge in [-0.1, -0.05) is 23.7 Å². The lowest BCUT2D eigenvalue weighted by Gasteiger charge is -2.21. The van der Waals surface area contributed by atoms with E-state index >= 15 is 0 Å². The van der Waals surface area contributed by atoms with Crippen LogP contribution in [0.1, 0.15) is 6.42 Å². The van der Waals surface area contributed by atoms with Crippen LogP contribution in [0.5, 0.6) is 0 Å².